The molecular weight excluding hydrogens is 338 g/mol. The van der Waals surface area contributed by atoms with Crippen LogP contribution in [-0.2, 0) is 16.1 Å². The Hall–Kier alpha value is -2.26. The molecule has 26 heavy (non-hydrogen) atoms. The molecule has 2 saturated heterocycles. The van der Waals surface area contributed by atoms with E-state index in [0.717, 1.165) is 12.0 Å². The van der Waals surface area contributed by atoms with E-state index in [2.05, 4.69) is 20.2 Å². The summed E-state index contributed by atoms with van der Waals surface area (Å²) >= 11 is 0. The van der Waals surface area contributed by atoms with Crippen LogP contribution in [0.15, 0.2) is 12.4 Å². The number of rotatable bonds is 5. The monoisotopic (exact) mass is 363 g/mol. The van der Waals surface area contributed by atoms with Crippen molar-refractivity contribution in [3.05, 3.63) is 18.0 Å². The van der Waals surface area contributed by atoms with Gasteiger partial charge in [-0.3, -0.25) is 14.5 Å². The van der Waals surface area contributed by atoms with Gasteiger partial charge in [0.1, 0.15) is 6.54 Å². The minimum absolute atomic E-state index is 0.0529. The van der Waals surface area contributed by atoms with Crippen molar-refractivity contribution in [2.45, 2.75) is 31.9 Å². The molecule has 0 saturated carbocycles. The second kappa shape index (κ2) is 7.55. The molecule has 142 valence electrons. The number of aromatic nitrogens is 2. The van der Waals surface area contributed by atoms with Crippen LogP contribution >= 0.6 is 0 Å². The molecule has 3 rings (SSSR count). The van der Waals surface area contributed by atoms with Crippen LogP contribution in [0.5, 0.6) is 0 Å². The van der Waals surface area contributed by atoms with Gasteiger partial charge < -0.3 is 20.4 Å². The number of nitrogens with zero attached hydrogens (tertiary/aromatic N) is 4. The summed E-state index contributed by atoms with van der Waals surface area (Å²) in [5.41, 5.74) is 0.166. The molecule has 0 radical (unpaired) electrons. The first-order valence-electron chi connectivity index (χ1n) is 8.83. The summed E-state index contributed by atoms with van der Waals surface area (Å²) in [6.07, 6.45) is 4.89. The summed E-state index contributed by atoms with van der Waals surface area (Å²) in [6, 6.07) is 0. The molecule has 1 amide bonds. The Labute approximate surface area is 152 Å². The molecule has 0 bridgehead atoms. The number of hydrogen-bond acceptors (Lipinski definition) is 7. The second-order valence-corrected chi connectivity index (χ2v) is 7.17. The largest absolute Gasteiger partial charge is 0.480 e. The van der Waals surface area contributed by atoms with Crippen molar-refractivity contribution < 1.29 is 19.8 Å². The first-order chi connectivity index (χ1) is 12.4. The predicted octanol–water partition coefficient (Wildman–Crippen LogP) is -0.540. The second-order valence-electron chi connectivity index (χ2n) is 7.17. The fraction of sp³-hybridized carbons (Fsp3) is 0.647. The number of carbonyl (C=O) groups excluding carboxylic acids is 1. The maximum atomic E-state index is 12.4. The number of carboxylic acids is 1. The van der Waals surface area contributed by atoms with Gasteiger partial charge in [0.25, 0.3) is 0 Å². The first-order valence-corrected chi connectivity index (χ1v) is 8.83. The quantitative estimate of drug-likeness (QED) is 0.638. The average molecular weight is 363 g/mol. The molecule has 1 spiro atoms. The van der Waals surface area contributed by atoms with Gasteiger partial charge in [0.2, 0.25) is 11.9 Å². The van der Waals surface area contributed by atoms with Crippen LogP contribution in [0.2, 0.25) is 0 Å². The Kier molecular flexibility index (Phi) is 5.38. The standard InChI is InChI=1S/C17H25N5O4/c1-21(10-14(24)25)16-19-7-12(8-20-16)9-22-6-3-13(23)17(11-22)4-2-5-18-15(17)26/h7-8,13,23H,2-6,9-11H2,1H3,(H,18,26)(H,24,25)/t13-,17-/m1/s1. The lowest BCUT2D eigenvalue weighted by Crippen LogP contribution is -2.61. The van der Waals surface area contributed by atoms with Crippen LogP contribution in [0.1, 0.15) is 24.8 Å². The van der Waals surface area contributed by atoms with Crippen molar-refractivity contribution in [3.8, 4) is 0 Å². The zero-order chi connectivity index (χ0) is 18.7. The van der Waals surface area contributed by atoms with Crippen LogP contribution < -0.4 is 10.2 Å². The molecule has 9 heteroatoms. The molecule has 0 aromatic carbocycles. The normalized spacial score (nSPS) is 26.5. The third-order valence-corrected chi connectivity index (χ3v) is 5.21. The summed E-state index contributed by atoms with van der Waals surface area (Å²) in [7, 11) is 1.63. The van der Waals surface area contributed by atoms with E-state index in [4.69, 9.17) is 5.11 Å². The van der Waals surface area contributed by atoms with E-state index in [1.54, 1.807) is 19.4 Å². The van der Waals surface area contributed by atoms with E-state index < -0.39 is 17.5 Å². The smallest absolute Gasteiger partial charge is 0.323 e. The molecule has 2 aliphatic rings. The maximum Gasteiger partial charge on any atom is 0.323 e. The fourth-order valence-corrected chi connectivity index (χ4v) is 3.82. The lowest BCUT2D eigenvalue weighted by Gasteiger charge is -2.46. The minimum Gasteiger partial charge on any atom is -0.480 e. The number of hydrogen-bond donors (Lipinski definition) is 3. The van der Waals surface area contributed by atoms with Crippen LogP contribution in [0.3, 0.4) is 0 Å². The number of carboxylic acid groups (broad SMARTS) is 1. The Morgan fingerprint density at radius 3 is 2.85 bits per heavy atom. The van der Waals surface area contributed by atoms with Crippen molar-refractivity contribution in [1.29, 1.82) is 0 Å². The van der Waals surface area contributed by atoms with E-state index in [0.29, 0.717) is 45.0 Å². The highest BCUT2D eigenvalue weighted by atomic mass is 16.4. The highest BCUT2D eigenvalue weighted by Crippen LogP contribution is 2.37. The van der Waals surface area contributed by atoms with Gasteiger partial charge in [-0.2, -0.15) is 0 Å². The van der Waals surface area contributed by atoms with Crippen LogP contribution in [0, 0.1) is 5.41 Å². The number of likely N-dealkylation sites (tertiary alicyclic amines) is 1. The Bertz CT molecular complexity index is 668. The molecule has 3 N–H and O–H groups in total. The van der Waals surface area contributed by atoms with Gasteiger partial charge in [-0.15, -0.1) is 0 Å². The van der Waals surface area contributed by atoms with Gasteiger partial charge in [-0.25, -0.2) is 9.97 Å². The topological polar surface area (TPSA) is 119 Å². The summed E-state index contributed by atoms with van der Waals surface area (Å²) in [5.74, 6) is -0.640. The first kappa shape index (κ1) is 18.5. The Morgan fingerprint density at radius 2 is 2.19 bits per heavy atom. The molecule has 1 aromatic rings. The number of amides is 1. The molecule has 0 unspecified atom stereocenters. The number of aliphatic hydroxyl groups excluding tert-OH is 1. The molecule has 2 aliphatic heterocycles. The molecular formula is C17H25N5O4. The SMILES string of the molecule is CN(CC(=O)O)c1ncc(CN2CC[C@@H](O)[C@@]3(CCCNC3=O)C2)cn1. The van der Waals surface area contributed by atoms with Crippen molar-refractivity contribution >= 4 is 17.8 Å². The maximum absolute atomic E-state index is 12.4. The van der Waals surface area contributed by atoms with Gasteiger partial charge in [-0.05, 0) is 19.3 Å². The van der Waals surface area contributed by atoms with Crippen molar-refractivity contribution in [3.63, 3.8) is 0 Å². The van der Waals surface area contributed by atoms with Gasteiger partial charge in [0, 0.05) is 51.2 Å². The van der Waals surface area contributed by atoms with Crippen molar-refractivity contribution in [2.24, 2.45) is 5.41 Å². The Balaban J connectivity index is 1.65. The molecule has 9 nitrogen and oxygen atoms in total. The summed E-state index contributed by atoms with van der Waals surface area (Å²) < 4.78 is 0. The molecule has 2 atom stereocenters. The molecule has 2 fully saturated rings. The van der Waals surface area contributed by atoms with E-state index in [9.17, 15) is 14.7 Å². The van der Waals surface area contributed by atoms with Gasteiger partial charge in [-0.1, -0.05) is 0 Å². The predicted molar refractivity (Wildman–Crippen MR) is 93.5 cm³/mol. The Morgan fingerprint density at radius 1 is 1.46 bits per heavy atom. The molecule has 1 aromatic heterocycles. The summed E-state index contributed by atoms with van der Waals surface area (Å²) in [5, 5.41) is 22.2. The van der Waals surface area contributed by atoms with Crippen molar-refractivity contribution in [2.75, 3.05) is 38.1 Å². The third kappa shape index (κ3) is 3.78. The average Bonchev–Trinajstić information content (AvgIpc) is 2.60. The van der Waals surface area contributed by atoms with E-state index in [1.165, 1.54) is 4.90 Å². The van der Waals surface area contributed by atoms with Crippen LogP contribution in [0.25, 0.3) is 0 Å². The zero-order valence-electron chi connectivity index (χ0n) is 14.9. The van der Waals surface area contributed by atoms with Gasteiger partial charge in [0.15, 0.2) is 0 Å². The lowest BCUT2D eigenvalue weighted by molar-refractivity contribution is -0.149. The number of piperidine rings is 2. The van der Waals surface area contributed by atoms with Gasteiger partial charge >= 0.3 is 5.97 Å². The number of carbonyl (C=O) groups is 2. The fourth-order valence-electron chi connectivity index (χ4n) is 3.82. The number of likely N-dealkylation sites (N-methyl/N-ethyl adjacent to an activating group) is 1. The van der Waals surface area contributed by atoms with Crippen LogP contribution in [-0.4, -0.2) is 76.3 Å². The van der Waals surface area contributed by atoms with E-state index >= 15 is 0 Å². The highest BCUT2D eigenvalue weighted by molar-refractivity contribution is 5.84. The molecule has 3 heterocycles. The van der Waals surface area contributed by atoms with Crippen molar-refractivity contribution in [1.82, 2.24) is 20.2 Å². The summed E-state index contributed by atoms with van der Waals surface area (Å²) in [4.78, 5) is 35.2. The van der Waals surface area contributed by atoms with Crippen LogP contribution in [0.4, 0.5) is 5.95 Å². The number of anilines is 1. The number of aliphatic carboxylic acids is 1. The highest BCUT2D eigenvalue weighted by Gasteiger charge is 2.49. The molecule has 0 aliphatic carbocycles. The van der Waals surface area contributed by atoms with E-state index in [-0.39, 0.29) is 12.5 Å². The minimum atomic E-state index is -0.942. The van der Waals surface area contributed by atoms with Gasteiger partial charge in [0.05, 0.1) is 11.5 Å². The number of nitrogens with one attached hydrogen (secondary N) is 1. The zero-order valence-corrected chi connectivity index (χ0v) is 14.9. The number of aliphatic hydroxyl groups is 1. The van der Waals surface area contributed by atoms with E-state index in [1.807, 2.05) is 0 Å². The third-order valence-electron chi connectivity index (χ3n) is 5.21. The summed E-state index contributed by atoms with van der Waals surface area (Å²) in [6.45, 7) is 2.32. The lowest BCUT2D eigenvalue weighted by atomic mass is 9.71.